The third-order valence-electron chi connectivity index (χ3n) is 2.64. The predicted molar refractivity (Wildman–Crippen MR) is 85.2 cm³/mol. The van der Waals surface area contributed by atoms with E-state index in [1.807, 2.05) is 43.3 Å². The van der Waals surface area contributed by atoms with Crippen LogP contribution in [0.2, 0.25) is 0 Å². The molecule has 0 aliphatic rings. The maximum absolute atomic E-state index is 11.5. The summed E-state index contributed by atoms with van der Waals surface area (Å²) in [6.07, 6.45) is 3.01. The lowest BCUT2D eigenvalue weighted by molar-refractivity contribution is -0.116. The first-order valence-corrected chi connectivity index (χ1v) is 7.25. The van der Waals surface area contributed by atoms with Crippen LogP contribution < -0.4 is 10.6 Å². The Morgan fingerprint density at radius 1 is 1.15 bits per heavy atom. The summed E-state index contributed by atoms with van der Waals surface area (Å²) < 4.78 is 1.03. The third kappa shape index (κ3) is 4.35. The van der Waals surface area contributed by atoms with E-state index in [-0.39, 0.29) is 5.91 Å². The highest BCUT2D eigenvalue weighted by Gasteiger charge is 2.01. The molecule has 0 aliphatic carbocycles. The number of aromatic nitrogens is 1. The first kappa shape index (κ1) is 14.5. The van der Waals surface area contributed by atoms with Crippen LogP contribution in [0.5, 0.6) is 0 Å². The highest BCUT2D eigenvalue weighted by atomic mass is 79.9. The number of pyridine rings is 1. The molecular formula is C15H16BrN3O. The topological polar surface area (TPSA) is 54.0 Å². The summed E-state index contributed by atoms with van der Waals surface area (Å²) in [6, 6.07) is 11.5. The Kier molecular flexibility index (Phi) is 5.12. The van der Waals surface area contributed by atoms with E-state index in [1.165, 1.54) is 0 Å². The lowest BCUT2D eigenvalue weighted by atomic mass is 10.3. The van der Waals surface area contributed by atoms with Gasteiger partial charge >= 0.3 is 0 Å². The molecule has 2 aromatic rings. The monoisotopic (exact) mass is 333 g/mol. The second kappa shape index (κ2) is 7.05. The molecule has 0 unspecified atom stereocenters. The van der Waals surface area contributed by atoms with E-state index in [0.717, 1.165) is 22.4 Å². The van der Waals surface area contributed by atoms with Crippen molar-refractivity contribution in [3.8, 4) is 0 Å². The van der Waals surface area contributed by atoms with Gasteiger partial charge in [-0.05, 0) is 42.8 Å². The largest absolute Gasteiger partial charge is 0.340 e. The van der Waals surface area contributed by atoms with Crippen LogP contribution in [0, 0.1) is 0 Å². The van der Waals surface area contributed by atoms with Gasteiger partial charge in [-0.15, -0.1) is 0 Å². The number of halogens is 1. The van der Waals surface area contributed by atoms with Crippen LogP contribution in [0.3, 0.4) is 0 Å². The van der Waals surface area contributed by atoms with Gasteiger partial charge in [-0.1, -0.05) is 22.9 Å². The average Bonchev–Trinajstić information content (AvgIpc) is 2.44. The molecule has 2 rings (SSSR count). The van der Waals surface area contributed by atoms with Crippen molar-refractivity contribution < 1.29 is 4.79 Å². The number of carbonyl (C=O) groups is 1. The number of anilines is 3. The predicted octanol–water partition coefficient (Wildman–Crippen LogP) is 4.33. The molecule has 1 aromatic carbocycles. The molecule has 2 N–H and O–H groups in total. The Labute approximate surface area is 126 Å². The summed E-state index contributed by atoms with van der Waals surface area (Å²) >= 11 is 3.39. The summed E-state index contributed by atoms with van der Waals surface area (Å²) in [6.45, 7) is 1.98. The summed E-state index contributed by atoms with van der Waals surface area (Å²) in [5.41, 5.74) is 1.67. The molecular weight excluding hydrogens is 318 g/mol. The normalized spacial score (nSPS) is 10.1. The molecule has 1 amide bonds. The third-order valence-corrected chi connectivity index (χ3v) is 3.17. The van der Waals surface area contributed by atoms with Crippen LogP contribution in [0.4, 0.5) is 17.2 Å². The number of nitrogens with one attached hydrogen (secondary N) is 2. The molecule has 104 valence electrons. The van der Waals surface area contributed by atoms with E-state index in [2.05, 4.69) is 31.5 Å². The van der Waals surface area contributed by atoms with E-state index in [1.54, 1.807) is 6.20 Å². The van der Waals surface area contributed by atoms with Crippen LogP contribution >= 0.6 is 15.9 Å². The molecule has 0 saturated carbocycles. The first-order chi connectivity index (χ1) is 9.67. The first-order valence-electron chi connectivity index (χ1n) is 6.46. The van der Waals surface area contributed by atoms with Gasteiger partial charge in [0, 0.05) is 16.6 Å². The van der Waals surface area contributed by atoms with Crippen molar-refractivity contribution in [2.45, 2.75) is 19.8 Å². The number of hydrogen-bond acceptors (Lipinski definition) is 3. The number of amides is 1. The molecule has 5 heteroatoms. The fourth-order valence-corrected chi connectivity index (χ4v) is 1.94. The fourth-order valence-electron chi connectivity index (χ4n) is 1.67. The van der Waals surface area contributed by atoms with Gasteiger partial charge in [-0.3, -0.25) is 4.79 Å². The number of hydrogen-bond donors (Lipinski definition) is 2. The lowest BCUT2D eigenvalue weighted by Crippen LogP contribution is -2.10. The number of nitrogens with zero attached hydrogens (tertiary/aromatic N) is 1. The minimum atomic E-state index is 0.0166. The standard InChI is InChI=1S/C15H16BrN3O/c1-2-3-15(20)19-13-8-9-14(17-10-13)18-12-6-4-11(16)5-7-12/h4-10H,2-3H2,1H3,(H,17,18)(H,19,20). The van der Waals surface area contributed by atoms with Gasteiger partial charge in [0.05, 0.1) is 11.9 Å². The van der Waals surface area contributed by atoms with Crippen LogP contribution in [0.1, 0.15) is 19.8 Å². The van der Waals surface area contributed by atoms with Crippen molar-refractivity contribution in [2.24, 2.45) is 0 Å². The van der Waals surface area contributed by atoms with Crippen LogP contribution in [-0.4, -0.2) is 10.9 Å². The minimum absolute atomic E-state index is 0.0166. The molecule has 0 radical (unpaired) electrons. The van der Waals surface area contributed by atoms with Crippen molar-refractivity contribution in [1.29, 1.82) is 0 Å². The average molecular weight is 334 g/mol. The molecule has 1 heterocycles. The fraction of sp³-hybridized carbons (Fsp3) is 0.200. The van der Waals surface area contributed by atoms with E-state index < -0.39 is 0 Å². The molecule has 20 heavy (non-hydrogen) atoms. The van der Waals surface area contributed by atoms with Crippen LogP contribution in [0.15, 0.2) is 47.1 Å². The summed E-state index contributed by atoms with van der Waals surface area (Å²) in [5, 5.41) is 6.00. The second-order valence-corrected chi connectivity index (χ2v) is 5.28. The Balaban J connectivity index is 1.97. The van der Waals surface area contributed by atoms with Crippen LogP contribution in [-0.2, 0) is 4.79 Å². The van der Waals surface area contributed by atoms with E-state index in [4.69, 9.17) is 0 Å². The summed E-state index contributed by atoms with van der Waals surface area (Å²) in [4.78, 5) is 15.7. The Morgan fingerprint density at radius 3 is 2.45 bits per heavy atom. The molecule has 0 aliphatic heterocycles. The maximum Gasteiger partial charge on any atom is 0.224 e. The highest BCUT2D eigenvalue weighted by molar-refractivity contribution is 9.10. The Hall–Kier alpha value is -1.88. The number of carbonyl (C=O) groups excluding carboxylic acids is 1. The van der Waals surface area contributed by atoms with Crippen molar-refractivity contribution >= 4 is 39.0 Å². The Morgan fingerprint density at radius 2 is 1.85 bits per heavy atom. The molecule has 4 nitrogen and oxygen atoms in total. The smallest absolute Gasteiger partial charge is 0.224 e. The molecule has 1 aromatic heterocycles. The molecule has 0 bridgehead atoms. The van der Waals surface area contributed by atoms with Gasteiger partial charge in [-0.25, -0.2) is 4.98 Å². The quantitative estimate of drug-likeness (QED) is 0.856. The van der Waals surface area contributed by atoms with Gasteiger partial charge in [0.1, 0.15) is 5.82 Å². The summed E-state index contributed by atoms with van der Waals surface area (Å²) in [7, 11) is 0. The molecule has 0 saturated heterocycles. The van der Waals surface area contributed by atoms with Crippen LogP contribution in [0.25, 0.3) is 0 Å². The van der Waals surface area contributed by atoms with Gasteiger partial charge < -0.3 is 10.6 Å². The van der Waals surface area contributed by atoms with Gasteiger partial charge in [0.2, 0.25) is 5.91 Å². The number of rotatable bonds is 5. The highest BCUT2D eigenvalue weighted by Crippen LogP contribution is 2.18. The molecule has 0 spiro atoms. The SMILES string of the molecule is CCCC(=O)Nc1ccc(Nc2ccc(Br)cc2)nc1. The van der Waals surface area contributed by atoms with Gasteiger partial charge in [0.25, 0.3) is 0 Å². The summed E-state index contributed by atoms with van der Waals surface area (Å²) in [5.74, 6) is 0.753. The van der Waals surface area contributed by atoms with Crippen molar-refractivity contribution in [1.82, 2.24) is 4.98 Å². The van der Waals surface area contributed by atoms with E-state index >= 15 is 0 Å². The van der Waals surface area contributed by atoms with Gasteiger partial charge in [0.15, 0.2) is 0 Å². The zero-order valence-corrected chi connectivity index (χ0v) is 12.8. The van der Waals surface area contributed by atoms with Crippen molar-refractivity contribution in [3.63, 3.8) is 0 Å². The van der Waals surface area contributed by atoms with E-state index in [9.17, 15) is 4.79 Å². The second-order valence-electron chi connectivity index (χ2n) is 4.36. The zero-order chi connectivity index (χ0) is 14.4. The van der Waals surface area contributed by atoms with Gasteiger partial charge in [-0.2, -0.15) is 0 Å². The Bertz CT molecular complexity index is 567. The van der Waals surface area contributed by atoms with E-state index in [0.29, 0.717) is 12.1 Å². The number of benzene rings is 1. The minimum Gasteiger partial charge on any atom is -0.340 e. The molecule has 0 fully saturated rings. The lowest BCUT2D eigenvalue weighted by Gasteiger charge is -2.07. The maximum atomic E-state index is 11.5. The zero-order valence-electron chi connectivity index (χ0n) is 11.2. The van der Waals surface area contributed by atoms with Crippen molar-refractivity contribution in [3.05, 3.63) is 47.1 Å². The molecule has 0 atom stereocenters. The van der Waals surface area contributed by atoms with Crippen molar-refractivity contribution in [2.75, 3.05) is 10.6 Å².